The molecule has 0 aliphatic heterocycles. The van der Waals surface area contributed by atoms with Crippen LogP contribution in [-0.2, 0) is 0 Å². The summed E-state index contributed by atoms with van der Waals surface area (Å²) in [5.41, 5.74) is 1.02. The Morgan fingerprint density at radius 1 is 1.19 bits per heavy atom. The number of rotatable bonds is 2. The van der Waals surface area contributed by atoms with Crippen molar-refractivity contribution in [1.82, 2.24) is 4.98 Å². The summed E-state index contributed by atoms with van der Waals surface area (Å²) in [5.74, 6) is -1.40. The van der Waals surface area contributed by atoms with Gasteiger partial charge in [-0.1, -0.05) is 18.2 Å². The van der Waals surface area contributed by atoms with Gasteiger partial charge < -0.3 is 10.2 Å². The molecule has 1 aromatic heterocycles. The molecule has 4 nitrogen and oxygen atoms in total. The van der Waals surface area contributed by atoms with Crippen molar-refractivity contribution in [3.8, 4) is 16.9 Å². The van der Waals surface area contributed by atoms with Gasteiger partial charge in [-0.25, -0.2) is 4.79 Å². The van der Waals surface area contributed by atoms with E-state index in [0.717, 1.165) is 0 Å². The Kier molecular flexibility index (Phi) is 2.55. The zero-order valence-corrected chi connectivity index (χ0v) is 8.29. The highest BCUT2D eigenvalue weighted by atomic mass is 16.4. The molecule has 0 atom stereocenters. The fourth-order valence-electron chi connectivity index (χ4n) is 1.53. The predicted octanol–water partition coefficient (Wildman–Crippen LogP) is 2.15. The normalized spacial score (nSPS) is 10.0. The minimum atomic E-state index is -1.16. The van der Waals surface area contributed by atoms with Gasteiger partial charge in [-0.2, -0.15) is 0 Å². The maximum absolute atomic E-state index is 11.0. The van der Waals surface area contributed by atoms with Crippen molar-refractivity contribution in [2.24, 2.45) is 0 Å². The number of carbonyl (C=O) groups is 1. The molecule has 0 bridgehead atoms. The van der Waals surface area contributed by atoms with Crippen LogP contribution >= 0.6 is 0 Å². The van der Waals surface area contributed by atoms with E-state index in [9.17, 15) is 9.90 Å². The van der Waals surface area contributed by atoms with Gasteiger partial charge in [0.25, 0.3) is 0 Å². The van der Waals surface area contributed by atoms with E-state index in [2.05, 4.69) is 4.98 Å². The van der Waals surface area contributed by atoms with Gasteiger partial charge in [0.2, 0.25) is 0 Å². The lowest BCUT2D eigenvalue weighted by molar-refractivity contribution is 0.0694. The van der Waals surface area contributed by atoms with Crippen LogP contribution in [0.3, 0.4) is 0 Å². The highest BCUT2D eigenvalue weighted by molar-refractivity contribution is 5.98. The van der Waals surface area contributed by atoms with E-state index in [4.69, 9.17) is 5.11 Å². The number of aromatic nitrogens is 1. The van der Waals surface area contributed by atoms with Crippen LogP contribution in [0.5, 0.6) is 5.75 Å². The van der Waals surface area contributed by atoms with E-state index in [1.807, 2.05) is 0 Å². The molecule has 0 aliphatic rings. The Morgan fingerprint density at radius 2 is 2.00 bits per heavy atom. The van der Waals surface area contributed by atoms with Gasteiger partial charge in [0.05, 0.1) is 0 Å². The summed E-state index contributed by atoms with van der Waals surface area (Å²) in [6, 6.07) is 8.05. The first-order valence-corrected chi connectivity index (χ1v) is 4.66. The van der Waals surface area contributed by atoms with Gasteiger partial charge in [0, 0.05) is 23.5 Å². The van der Waals surface area contributed by atoms with E-state index in [0.29, 0.717) is 11.1 Å². The molecule has 4 heteroatoms. The molecule has 16 heavy (non-hydrogen) atoms. The highest BCUT2D eigenvalue weighted by Gasteiger charge is 2.15. The van der Waals surface area contributed by atoms with E-state index >= 15 is 0 Å². The number of aromatic carboxylic acids is 1. The third-order valence-corrected chi connectivity index (χ3v) is 2.23. The average Bonchev–Trinajstić information content (AvgIpc) is 2.29. The monoisotopic (exact) mass is 215 g/mol. The average molecular weight is 215 g/mol. The SMILES string of the molecule is O=C(O)c1c(O)cccc1-c1cccnc1. The Bertz CT molecular complexity index is 523. The quantitative estimate of drug-likeness (QED) is 0.805. The number of carboxylic acids is 1. The lowest BCUT2D eigenvalue weighted by atomic mass is 10.0. The third-order valence-electron chi connectivity index (χ3n) is 2.23. The number of hydrogen-bond donors (Lipinski definition) is 2. The lowest BCUT2D eigenvalue weighted by Gasteiger charge is -2.07. The zero-order chi connectivity index (χ0) is 11.5. The molecule has 0 saturated heterocycles. The van der Waals surface area contributed by atoms with E-state index in [1.165, 1.54) is 6.07 Å². The molecular weight excluding hydrogens is 206 g/mol. The number of nitrogens with zero attached hydrogens (tertiary/aromatic N) is 1. The number of carboxylic acid groups (broad SMARTS) is 1. The Morgan fingerprint density at radius 3 is 2.62 bits per heavy atom. The lowest BCUT2D eigenvalue weighted by Crippen LogP contribution is -2.00. The molecule has 2 N–H and O–H groups in total. The first-order valence-electron chi connectivity index (χ1n) is 4.66. The Balaban J connectivity index is 2.66. The van der Waals surface area contributed by atoms with E-state index in [-0.39, 0.29) is 11.3 Å². The van der Waals surface area contributed by atoms with Crippen LogP contribution in [0.15, 0.2) is 42.7 Å². The fraction of sp³-hybridized carbons (Fsp3) is 0. The number of benzene rings is 1. The predicted molar refractivity (Wildman–Crippen MR) is 58.3 cm³/mol. The third kappa shape index (κ3) is 1.72. The van der Waals surface area contributed by atoms with Crippen molar-refractivity contribution in [3.63, 3.8) is 0 Å². The number of aromatic hydroxyl groups is 1. The van der Waals surface area contributed by atoms with Crippen LogP contribution in [0, 0.1) is 0 Å². The zero-order valence-electron chi connectivity index (χ0n) is 8.29. The topological polar surface area (TPSA) is 70.4 Å². The van der Waals surface area contributed by atoms with Crippen molar-refractivity contribution in [3.05, 3.63) is 48.3 Å². The van der Waals surface area contributed by atoms with Gasteiger partial charge in [0.1, 0.15) is 11.3 Å². The summed E-state index contributed by atoms with van der Waals surface area (Å²) in [6.07, 6.45) is 3.16. The molecule has 0 spiro atoms. The molecule has 1 aromatic carbocycles. The maximum atomic E-state index is 11.0. The smallest absolute Gasteiger partial charge is 0.340 e. The van der Waals surface area contributed by atoms with Crippen molar-refractivity contribution in [2.75, 3.05) is 0 Å². The van der Waals surface area contributed by atoms with Crippen molar-refractivity contribution < 1.29 is 15.0 Å². The van der Waals surface area contributed by atoms with Crippen LogP contribution in [0.25, 0.3) is 11.1 Å². The van der Waals surface area contributed by atoms with Crippen LogP contribution in [0.1, 0.15) is 10.4 Å². The van der Waals surface area contributed by atoms with Crippen LogP contribution in [0.2, 0.25) is 0 Å². The van der Waals surface area contributed by atoms with E-state index in [1.54, 1.807) is 36.7 Å². The van der Waals surface area contributed by atoms with Crippen LogP contribution in [0.4, 0.5) is 0 Å². The van der Waals surface area contributed by atoms with Crippen molar-refractivity contribution in [2.45, 2.75) is 0 Å². The highest BCUT2D eigenvalue weighted by Crippen LogP contribution is 2.29. The number of hydrogen-bond acceptors (Lipinski definition) is 3. The first-order chi connectivity index (χ1) is 7.70. The van der Waals surface area contributed by atoms with Crippen molar-refractivity contribution >= 4 is 5.97 Å². The second-order valence-electron chi connectivity index (χ2n) is 3.25. The minimum Gasteiger partial charge on any atom is -0.507 e. The molecular formula is C12H9NO3. The Hall–Kier alpha value is -2.36. The Labute approximate surface area is 91.8 Å². The summed E-state index contributed by atoms with van der Waals surface area (Å²) in [6.45, 7) is 0. The molecule has 0 fully saturated rings. The van der Waals surface area contributed by atoms with Gasteiger partial charge >= 0.3 is 5.97 Å². The molecule has 2 aromatic rings. The first kappa shape index (κ1) is 10.2. The van der Waals surface area contributed by atoms with Gasteiger partial charge in [-0.05, 0) is 12.1 Å². The summed E-state index contributed by atoms with van der Waals surface area (Å²) < 4.78 is 0. The molecule has 80 valence electrons. The van der Waals surface area contributed by atoms with Crippen LogP contribution < -0.4 is 0 Å². The molecule has 0 amide bonds. The molecule has 0 unspecified atom stereocenters. The molecule has 2 rings (SSSR count). The standard InChI is InChI=1S/C12H9NO3/c14-10-5-1-4-9(11(10)12(15)16)8-3-2-6-13-7-8/h1-7,14H,(H,15,16). The largest absolute Gasteiger partial charge is 0.507 e. The molecule has 0 aliphatic carbocycles. The fourth-order valence-corrected chi connectivity index (χ4v) is 1.53. The second-order valence-corrected chi connectivity index (χ2v) is 3.25. The minimum absolute atomic E-state index is 0.101. The van der Waals surface area contributed by atoms with Gasteiger partial charge in [-0.3, -0.25) is 4.98 Å². The second kappa shape index (κ2) is 4.02. The summed E-state index contributed by atoms with van der Waals surface area (Å²) in [5, 5.41) is 18.5. The van der Waals surface area contributed by atoms with Gasteiger partial charge in [0.15, 0.2) is 0 Å². The summed E-state index contributed by atoms with van der Waals surface area (Å²) in [4.78, 5) is 15.0. The number of phenols is 1. The molecule has 0 radical (unpaired) electrons. The van der Waals surface area contributed by atoms with Crippen LogP contribution in [-0.4, -0.2) is 21.2 Å². The van der Waals surface area contributed by atoms with Crippen molar-refractivity contribution in [1.29, 1.82) is 0 Å². The van der Waals surface area contributed by atoms with E-state index < -0.39 is 5.97 Å². The molecule has 0 saturated carbocycles. The summed E-state index contributed by atoms with van der Waals surface area (Å²) in [7, 11) is 0. The van der Waals surface area contributed by atoms with Gasteiger partial charge in [-0.15, -0.1) is 0 Å². The summed E-state index contributed by atoms with van der Waals surface area (Å²) >= 11 is 0. The molecule has 1 heterocycles. The number of pyridine rings is 1. The maximum Gasteiger partial charge on any atom is 0.340 e.